The summed E-state index contributed by atoms with van der Waals surface area (Å²) in [7, 11) is 0. The minimum Gasteiger partial charge on any atom is -0.467 e. The zero-order chi connectivity index (χ0) is 20.4. The molecule has 0 atom stereocenters. The second-order valence-electron chi connectivity index (χ2n) is 7.60. The molecule has 2 aromatic carbocycles. The molecule has 4 rings (SSSR count). The molecule has 148 valence electrons. The van der Waals surface area contributed by atoms with Crippen molar-refractivity contribution in [2.45, 2.75) is 39.7 Å². The summed E-state index contributed by atoms with van der Waals surface area (Å²) < 4.78 is 6.59. The topological polar surface area (TPSA) is 46.3 Å². The Bertz CT molecular complexity index is 1110. The third-order valence-electron chi connectivity index (χ3n) is 4.96. The van der Waals surface area contributed by atoms with Crippen molar-refractivity contribution in [1.82, 2.24) is 4.98 Å². The van der Waals surface area contributed by atoms with Crippen LogP contribution in [0.2, 0.25) is 0 Å². The molecule has 2 aromatic heterocycles. The van der Waals surface area contributed by atoms with Crippen LogP contribution in [0.5, 0.6) is 0 Å². The second kappa shape index (κ2) is 8.21. The Labute approximate surface area is 174 Å². The van der Waals surface area contributed by atoms with Crippen molar-refractivity contribution >= 4 is 32.6 Å². The average molecular weight is 405 g/mol. The van der Waals surface area contributed by atoms with Gasteiger partial charge in [0.15, 0.2) is 5.13 Å². The first-order valence-electron chi connectivity index (χ1n) is 9.78. The van der Waals surface area contributed by atoms with Crippen LogP contribution in [0, 0.1) is 6.92 Å². The molecule has 4 nitrogen and oxygen atoms in total. The molecular formula is C24H24N2O2S. The minimum atomic E-state index is 0.00877. The van der Waals surface area contributed by atoms with Gasteiger partial charge in [-0.25, -0.2) is 4.98 Å². The Kier molecular flexibility index (Phi) is 5.49. The first kappa shape index (κ1) is 19.4. The third kappa shape index (κ3) is 4.40. The largest absolute Gasteiger partial charge is 0.467 e. The van der Waals surface area contributed by atoms with E-state index < -0.39 is 0 Å². The first-order chi connectivity index (χ1) is 14.0. The molecule has 5 heteroatoms. The van der Waals surface area contributed by atoms with Gasteiger partial charge in [-0.2, -0.15) is 0 Å². The number of aromatic nitrogens is 1. The minimum absolute atomic E-state index is 0.00877. The van der Waals surface area contributed by atoms with Crippen molar-refractivity contribution in [2.75, 3.05) is 4.90 Å². The van der Waals surface area contributed by atoms with Crippen LogP contribution in [0.3, 0.4) is 0 Å². The van der Waals surface area contributed by atoms with E-state index in [4.69, 9.17) is 9.40 Å². The van der Waals surface area contributed by atoms with Crippen LogP contribution in [-0.2, 0) is 17.8 Å². The van der Waals surface area contributed by atoms with E-state index in [2.05, 4.69) is 39.0 Å². The maximum atomic E-state index is 13.3. The number of nitrogens with zero attached hydrogens (tertiary/aromatic N) is 2. The zero-order valence-electron chi connectivity index (χ0n) is 16.9. The summed E-state index contributed by atoms with van der Waals surface area (Å²) in [4.78, 5) is 19.7. The van der Waals surface area contributed by atoms with E-state index in [-0.39, 0.29) is 5.91 Å². The molecule has 1 amide bonds. The molecule has 0 aliphatic carbocycles. The smallest absolute Gasteiger partial charge is 0.233 e. The van der Waals surface area contributed by atoms with Gasteiger partial charge in [0, 0.05) is 0 Å². The van der Waals surface area contributed by atoms with Gasteiger partial charge in [0.25, 0.3) is 0 Å². The Hall–Kier alpha value is -2.92. The Morgan fingerprint density at radius 3 is 2.62 bits per heavy atom. The Morgan fingerprint density at radius 1 is 1.14 bits per heavy atom. The molecule has 0 unspecified atom stereocenters. The number of benzene rings is 2. The molecule has 0 aliphatic rings. The molecule has 0 saturated heterocycles. The lowest BCUT2D eigenvalue weighted by molar-refractivity contribution is -0.118. The van der Waals surface area contributed by atoms with Gasteiger partial charge in [-0.3, -0.25) is 9.69 Å². The summed E-state index contributed by atoms with van der Waals surface area (Å²) in [5, 5.41) is 0.700. The van der Waals surface area contributed by atoms with Crippen LogP contribution in [0.1, 0.15) is 42.2 Å². The molecule has 4 aromatic rings. The van der Waals surface area contributed by atoms with E-state index in [1.165, 1.54) is 22.5 Å². The number of amides is 1. The summed E-state index contributed by atoms with van der Waals surface area (Å²) in [6.07, 6.45) is 1.96. The highest BCUT2D eigenvalue weighted by atomic mass is 32.1. The highest BCUT2D eigenvalue weighted by Gasteiger charge is 2.21. The van der Waals surface area contributed by atoms with Crippen LogP contribution in [0.4, 0.5) is 5.13 Å². The number of fused-ring (bicyclic) bond motifs is 1. The first-order valence-corrected chi connectivity index (χ1v) is 10.6. The fraction of sp³-hybridized carbons (Fsp3) is 0.250. The van der Waals surface area contributed by atoms with Gasteiger partial charge in [0.2, 0.25) is 5.91 Å². The van der Waals surface area contributed by atoms with Gasteiger partial charge in [-0.1, -0.05) is 55.5 Å². The van der Waals surface area contributed by atoms with Crippen LogP contribution in [0.25, 0.3) is 10.2 Å². The number of carbonyl (C=O) groups is 1. The molecule has 0 aliphatic heterocycles. The molecule has 0 radical (unpaired) electrons. The van der Waals surface area contributed by atoms with Crippen molar-refractivity contribution < 1.29 is 9.21 Å². The molecular weight excluding hydrogens is 380 g/mol. The summed E-state index contributed by atoms with van der Waals surface area (Å²) in [6, 6.07) is 18.2. The van der Waals surface area contributed by atoms with Crippen molar-refractivity contribution in [2.24, 2.45) is 0 Å². The monoisotopic (exact) mass is 404 g/mol. The maximum absolute atomic E-state index is 13.3. The summed E-state index contributed by atoms with van der Waals surface area (Å²) in [5.74, 6) is 1.22. The van der Waals surface area contributed by atoms with Crippen molar-refractivity contribution in [3.8, 4) is 0 Å². The number of furan rings is 1. The number of thiazole rings is 1. The summed E-state index contributed by atoms with van der Waals surface area (Å²) in [5.41, 5.74) is 4.37. The highest BCUT2D eigenvalue weighted by molar-refractivity contribution is 7.22. The van der Waals surface area contributed by atoms with Gasteiger partial charge in [-0.15, -0.1) is 0 Å². The van der Waals surface area contributed by atoms with Gasteiger partial charge in [0.1, 0.15) is 5.76 Å². The number of aryl methyl sites for hydroxylation is 1. The number of rotatable bonds is 6. The lowest BCUT2D eigenvalue weighted by Crippen LogP contribution is -2.31. The van der Waals surface area contributed by atoms with Gasteiger partial charge >= 0.3 is 0 Å². The van der Waals surface area contributed by atoms with Gasteiger partial charge in [0.05, 0.1) is 29.4 Å². The van der Waals surface area contributed by atoms with E-state index in [9.17, 15) is 4.79 Å². The molecule has 0 fully saturated rings. The predicted molar refractivity (Wildman–Crippen MR) is 118 cm³/mol. The van der Waals surface area contributed by atoms with Crippen molar-refractivity contribution in [3.63, 3.8) is 0 Å². The van der Waals surface area contributed by atoms with Crippen molar-refractivity contribution in [3.05, 3.63) is 83.3 Å². The SMILES string of the molecule is Cc1ccc2nc(N(Cc3ccco3)C(=O)Cc3ccc(C(C)C)cc3)sc2c1. The molecule has 29 heavy (non-hydrogen) atoms. The Balaban J connectivity index is 1.62. The molecule has 0 bridgehead atoms. The Morgan fingerprint density at radius 2 is 1.93 bits per heavy atom. The average Bonchev–Trinajstić information content (AvgIpc) is 3.35. The number of hydrogen-bond acceptors (Lipinski definition) is 4. The molecule has 0 spiro atoms. The zero-order valence-corrected chi connectivity index (χ0v) is 17.7. The standard InChI is InChI=1S/C24H24N2O2S/c1-16(2)19-9-7-18(8-10-19)14-23(27)26(15-20-5-4-12-28-20)24-25-21-11-6-17(3)13-22(21)29-24/h4-13,16H,14-15H2,1-3H3. The van der Waals surface area contributed by atoms with Crippen LogP contribution in [0.15, 0.2) is 65.3 Å². The fourth-order valence-corrected chi connectivity index (χ4v) is 4.33. The van der Waals surface area contributed by atoms with Gasteiger partial charge < -0.3 is 4.42 Å². The van der Waals surface area contributed by atoms with Crippen molar-refractivity contribution in [1.29, 1.82) is 0 Å². The number of carbonyl (C=O) groups excluding carboxylic acids is 1. The van der Waals surface area contributed by atoms with Crippen LogP contribution >= 0.6 is 11.3 Å². The number of anilines is 1. The van der Waals surface area contributed by atoms with Crippen LogP contribution in [-0.4, -0.2) is 10.9 Å². The predicted octanol–water partition coefficient (Wildman–Crippen LogP) is 6.10. The summed E-state index contributed by atoms with van der Waals surface area (Å²) >= 11 is 1.54. The lowest BCUT2D eigenvalue weighted by Gasteiger charge is -2.19. The second-order valence-corrected chi connectivity index (χ2v) is 8.61. The maximum Gasteiger partial charge on any atom is 0.233 e. The molecule has 2 heterocycles. The molecule has 0 N–H and O–H groups in total. The lowest BCUT2D eigenvalue weighted by atomic mass is 10.0. The third-order valence-corrected chi connectivity index (χ3v) is 6.00. The van der Waals surface area contributed by atoms with E-state index in [0.29, 0.717) is 24.0 Å². The highest BCUT2D eigenvalue weighted by Crippen LogP contribution is 2.31. The van der Waals surface area contributed by atoms with E-state index in [1.54, 1.807) is 11.2 Å². The normalized spacial score (nSPS) is 11.3. The van der Waals surface area contributed by atoms with Crippen LogP contribution < -0.4 is 4.90 Å². The van der Waals surface area contributed by atoms with E-state index >= 15 is 0 Å². The molecule has 0 saturated carbocycles. The number of hydrogen-bond donors (Lipinski definition) is 0. The van der Waals surface area contributed by atoms with Gasteiger partial charge in [-0.05, 0) is 53.8 Å². The summed E-state index contributed by atoms with van der Waals surface area (Å²) in [6.45, 7) is 6.76. The van der Waals surface area contributed by atoms with E-state index in [1.807, 2.05) is 36.4 Å². The van der Waals surface area contributed by atoms with E-state index in [0.717, 1.165) is 21.5 Å². The fourth-order valence-electron chi connectivity index (χ4n) is 3.25. The quantitative estimate of drug-likeness (QED) is 0.390.